The fourth-order valence-electron chi connectivity index (χ4n) is 4.64. The molecule has 0 spiro atoms. The first kappa shape index (κ1) is 23.6. The zero-order valence-corrected chi connectivity index (χ0v) is 20.2. The van der Waals surface area contributed by atoms with E-state index in [2.05, 4.69) is 24.8 Å². The first-order valence-electron chi connectivity index (χ1n) is 11.7. The maximum absolute atomic E-state index is 14.1. The first-order valence-corrected chi connectivity index (χ1v) is 11.7. The highest BCUT2D eigenvalue weighted by Crippen LogP contribution is 2.38. The molecule has 1 atom stereocenters. The van der Waals surface area contributed by atoms with Crippen LogP contribution in [0.1, 0.15) is 19.5 Å². The van der Waals surface area contributed by atoms with Gasteiger partial charge in [0.15, 0.2) is 5.65 Å². The Morgan fingerprint density at radius 3 is 2.53 bits per heavy atom. The number of carbonyl (C=O) groups excluding carboxylic acids is 1. The van der Waals surface area contributed by atoms with Gasteiger partial charge in [-0.15, -0.1) is 0 Å². The molecule has 11 heteroatoms. The number of hydrogen-bond donors (Lipinski definition) is 0. The van der Waals surface area contributed by atoms with E-state index in [9.17, 15) is 13.6 Å². The number of hydrogen-bond acceptors (Lipinski definition) is 7. The van der Waals surface area contributed by atoms with Gasteiger partial charge >= 0.3 is 6.09 Å². The van der Waals surface area contributed by atoms with Gasteiger partial charge < -0.3 is 19.1 Å². The summed E-state index contributed by atoms with van der Waals surface area (Å²) >= 11 is 0. The number of ether oxygens (including phenoxy) is 1. The molecule has 4 aromatic rings. The summed E-state index contributed by atoms with van der Waals surface area (Å²) < 4.78 is 35.1. The van der Waals surface area contributed by atoms with Crippen LogP contribution >= 0.6 is 0 Å². The number of aromatic nitrogens is 5. The third-order valence-electron chi connectivity index (χ3n) is 6.25. The summed E-state index contributed by atoms with van der Waals surface area (Å²) in [5.74, 6) is -0.740. The van der Waals surface area contributed by atoms with Gasteiger partial charge in [-0.1, -0.05) is 0 Å². The van der Waals surface area contributed by atoms with Crippen molar-refractivity contribution in [2.75, 3.05) is 31.1 Å². The van der Waals surface area contributed by atoms with E-state index in [0.717, 1.165) is 6.07 Å². The minimum absolute atomic E-state index is 0.0768. The van der Waals surface area contributed by atoms with E-state index < -0.39 is 11.6 Å². The molecule has 9 nitrogen and oxygen atoms in total. The lowest BCUT2D eigenvalue weighted by atomic mass is 10.1. The molecule has 0 N–H and O–H groups in total. The van der Waals surface area contributed by atoms with Gasteiger partial charge in [-0.2, -0.15) is 0 Å². The molecule has 1 saturated heterocycles. The maximum atomic E-state index is 14.1. The summed E-state index contributed by atoms with van der Waals surface area (Å²) in [7, 11) is 0. The molecule has 1 unspecified atom stereocenters. The van der Waals surface area contributed by atoms with Crippen molar-refractivity contribution in [1.82, 2.24) is 29.4 Å². The van der Waals surface area contributed by atoms with E-state index >= 15 is 0 Å². The normalized spacial score (nSPS) is 16.0. The van der Waals surface area contributed by atoms with Gasteiger partial charge in [0, 0.05) is 55.9 Å². The number of piperazine rings is 1. The van der Waals surface area contributed by atoms with Crippen LogP contribution in [0, 0.1) is 18.6 Å². The van der Waals surface area contributed by atoms with E-state index in [4.69, 9.17) is 4.74 Å². The van der Waals surface area contributed by atoms with Gasteiger partial charge in [-0.3, -0.25) is 9.97 Å². The number of fused-ring (bicyclic) bond motifs is 1. The molecular weight excluding hydrogens is 468 g/mol. The van der Waals surface area contributed by atoms with E-state index in [1.165, 1.54) is 18.5 Å². The molecule has 1 amide bonds. The summed E-state index contributed by atoms with van der Waals surface area (Å²) in [6, 6.07) is 3.25. The molecule has 0 radical (unpaired) electrons. The number of anilines is 1. The van der Waals surface area contributed by atoms with E-state index in [-0.39, 0.29) is 17.8 Å². The van der Waals surface area contributed by atoms with Gasteiger partial charge in [0.1, 0.15) is 23.8 Å². The molecule has 4 heterocycles. The van der Waals surface area contributed by atoms with E-state index in [0.29, 0.717) is 60.0 Å². The Balaban J connectivity index is 1.67. The molecule has 0 aliphatic carbocycles. The monoisotopic (exact) mass is 493 g/mol. The maximum Gasteiger partial charge on any atom is 0.409 e. The Bertz CT molecular complexity index is 1420. The first-order chi connectivity index (χ1) is 17.4. The third kappa shape index (κ3) is 4.21. The second-order valence-corrected chi connectivity index (χ2v) is 8.61. The van der Waals surface area contributed by atoms with Crippen LogP contribution in [0.15, 0.2) is 43.1 Å². The van der Waals surface area contributed by atoms with Crippen LogP contribution in [0.2, 0.25) is 0 Å². The number of carbonyl (C=O) groups is 1. The third-order valence-corrected chi connectivity index (χ3v) is 6.25. The van der Waals surface area contributed by atoms with Crippen molar-refractivity contribution < 1.29 is 18.3 Å². The Morgan fingerprint density at radius 1 is 1.08 bits per heavy atom. The quantitative estimate of drug-likeness (QED) is 0.422. The number of nitrogens with zero attached hydrogens (tertiary/aromatic N) is 7. The smallest absolute Gasteiger partial charge is 0.409 e. The highest BCUT2D eigenvalue weighted by Gasteiger charge is 2.31. The van der Waals surface area contributed by atoms with Crippen molar-refractivity contribution in [3.8, 4) is 16.9 Å². The topological polar surface area (TPSA) is 89.3 Å². The molecule has 1 aliphatic rings. The molecule has 1 aromatic carbocycles. The van der Waals surface area contributed by atoms with Gasteiger partial charge in [0.05, 0.1) is 29.1 Å². The van der Waals surface area contributed by atoms with Crippen LogP contribution in [0.5, 0.6) is 0 Å². The number of halogens is 2. The lowest BCUT2D eigenvalue weighted by molar-refractivity contribution is 0.100. The van der Waals surface area contributed by atoms with Crippen LogP contribution in [-0.2, 0) is 4.74 Å². The summed E-state index contributed by atoms with van der Waals surface area (Å²) in [5, 5.41) is 0.683. The Hall–Kier alpha value is -4.15. The van der Waals surface area contributed by atoms with Crippen molar-refractivity contribution in [2.24, 2.45) is 0 Å². The molecule has 1 fully saturated rings. The molecular formula is C25H25F2N7O2. The molecule has 0 saturated carbocycles. The van der Waals surface area contributed by atoms with Crippen molar-refractivity contribution in [2.45, 2.75) is 26.8 Å². The Labute approximate surface area is 206 Å². The fourth-order valence-corrected chi connectivity index (χ4v) is 4.64. The minimum Gasteiger partial charge on any atom is -0.450 e. The van der Waals surface area contributed by atoms with Crippen molar-refractivity contribution in [3.05, 3.63) is 60.4 Å². The number of aryl methyl sites for hydroxylation is 1. The summed E-state index contributed by atoms with van der Waals surface area (Å²) in [6.45, 7) is 7.38. The van der Waals surface area contributed by atoms with Crippen LogP contribution in [0.3, 0.4) is 0 Å². The molecule has 0 bridgehead atoms. The van der Waals surface area contributed by atoms with Crippen LogP contribution in [-0.4, -0.2) is 67.8 Å². The predicted octanol–water partition coefficient (Wildman–Crippen LogP) is 4.13. The molecule has 5 rings (SSSR count). The van der Waals surface area contributed by atoms with Crippen LogP contribution in [0.4, 0.5) is 19.4 Å². The van der Waals surface area contributed by atoms with Crippen LogP contribution < -0.4 is 4.90 Å². The average molecular weight is 494 g/mol. The number of benzene rings is 1. The standard InChI is InChI=1S/C25H25F2N7O2/c1-4-36-25(35)32-7-8-33(15(2)12-32)23-21-20(22-16(3)28-5-6-29-22)13-34(24(21)31-14-30-23)19-10-17(26)9-18(27)11-19/h5-6,9-11,13-15H,4,7-8,12H2,1-3H3. The minimum atomic E-state index is -0.693. The lowest BCUT2D eigenvalue weighted by Gasteiger charge is -2.40. The van der Waals surface area contributed by atoms with Crippen molar-refractivity contribution >= 4 is 22.9 Å². The number of rotatable bonds is 4. The zero-order chi connectivity index (χ0) is 25.4. The zero-order valence-electron chi connectivity index (χ0n) is 20.2. The Morgan fingerprint density at radius 2 is 1.83 bits per heavy atom. The summed E-state index contributed by atoms with van der Waals surface area (Å²) in [4.78, 5) is 34.1. The van der Waals surface area contributed by atoms with Crippen LogP contribution in [0.25, 0.3) is 28.0 Å². The predicted molar refractivity (Wildman–Crippen MR) is 130 cm³/mol. The highest BCUT2D eigenvalue weighted by molar-refractivity contribution is 6.02. The average Bonchev–Trinajstić information content (AvgIpc) is 3.24. The second kappa shape index (κ2) is 9.48. The molecule has 36 heavy (non-hydrogen) atoms. The van der Waals surface area contributed by atoms with Gasteiger partial charge in [0.25, 0.3) is 0 Å². The van der Waals surface area contributed by atoms with Crippen molar-refractivity contribution in [1.29, 1.82) is 0 Å². The summed E-state index contributed by atoms with van der Waals surface area (Å²) in [6.07, 6.45) is 6.05. The van der Waals surface area contributed by atoms with E-state index in [1.54, 1.807) is 35.0 Å². The number of amides is 1. The molecule has 1 aliphatic heterocycles. The largest absolute Gasteiger partial charge is 0.450 e. The highest BCUT2D eigenvalue weighted by atomic mass is 19.1. The molecule has 186 valence electrons. The van der Waals surface area contributed by atoms with Gasteiger partial charge in [-0.25, -0.2) is 23.5 Å². The SMILES string of the molecule is CCOC(=O)N1CCN(c2ncnc3c2c(-c2nccnc2C)cn3-c2cc(F)cc(F)c2)C(C)C1. The van der Waals surface area contributed by atoms with Gasteiger partial charge in [0.2, 0.25) is 0 Å². The Kier molecular flexibility index (Phi) is 6.21. The molecule has 3 aromatic heterocycles. The van der Waals surface area contributed by atoms with Crippen molar-refractivity contribution in [3.63, 3.8) is 0 Å². The summed E-state index contributed by atoms with van der Waals surface area (Å²) in [5.41, 5.74) is 2.76. The fraction of sp³-hybridized carbons (Fsp3) is 0.320. The lowest BCUT2D eigenvalue weighted by Crippen LogP contribution is -2.54. The van der Waals surface area contributed by atoms with Gasteiger partial charge in [-0.05, 0) is 32.9 Å². The van der Waals surface area contributed by atoms with E-state index in [1.807, 2.05) is 13.8 Å². The second-order valence-electron chi connectivity index (χ2n) is 8.61.